The molecule has 148 valence electrons. The van der Waals surface area contributed by atoms with Crippen LogP contribution in [0.1, 0.15) is 38.2 Å². The number of carbonyl (C=O) groups excluding carboxylic acids is 1. The first-order valence-electron chi connectivity index (χ1n) is 9.08. The van der Waals surface area contributed by atoms with Crippen LogP contribution in [-0.2, 0) is 14.8 Å². The minimum absolute atomic E-state index is 0.0442. The van der Waals surface area contributed by atoms with E-state index in [1.807, 2.05) is 0 Å². The number of sulfonamides is 1. The van der Waals surface area contributed by atoms with Gasteiger partial charge >= 0.3 is 0 Å². The van der Waals surface area contributed by atoms with Gasteiger partial charge in [-0.15, -0.1) is 0 Å². The Morgan fingerprint density at radius 2 is 1.64 bits per heavy atom. The second-order valence-corrected chi connectivity index (χ2v) is 8.45. The van der Waals surface area contributed by atoms with Gasteiger partial charge in [0, 0.05) is 11.6 Å². The first-order valence-corrected chi connectivity index (χ1v) is 10.6. The summed E-state index contributed by atoms with van der Waals surface area (Å²) in [6.45, 7) is 1.67. The van der Waals surface area contributed by atoms with Gasteiger partial charge in [-0.1, -0.05) is 25.0 Å². The summed E-state index contributed by atoms with van der Waals surface area (Å²) in [5.41, 5.74) is 1.86. The molecular formula is C20H22FN3O3S. The quantitative estimate of drug-likeness (QED) is 0.570. The minimum atomic E-state index is -3.87. The lowest BCUT2D eigenvalue weighted by Crippen LogP contribution is -2.20. The van der Waals surface area contributed by atoms with Crippen molar-refractivity contribution in [3.8, 4) is 0 Å². The molecule has 0 saturated heterocycles. The molecule has 2 aromatic carbocycles. The van der Waals surface area contributed by atoms with Crippen LogP contribution in [0.2, 0.25) is 0 Å². The van der Waals surface area contributed by atoms with Crippen molar-refractivity contribution in [3.63, 3.8) is 0 Å². The summed E-state index contributed by atoms with van der Waals surface area (Å²) in [5.74, 6) is -0.384. The van der Waals surface area contributed by atoms with Gasteiger partial charge in [0.25, 0.3) is 10.0 Å². The zero-order valence-electron chi connectivity index (χ0n) is 15.5. The Bertz CT molecular complexity index is 965. The zero-order valence-corrected chi connectivity index (χ0v) is 16.3. The summed E-state index contributed by atoms with van der Waals surface area (Å²) in [4.78, 5) is 14.2. The normalized spacial score (nSPS) is 15.4. The number of hydrogen-bond donors (Lipinski definition) is 2. The molecule has 0 aromatic heterocycles. The average molecular weight is 403 g/mol. The summed E-state index contributed by atoms with van der Waals surface area (Å²) < 4.78 is 37.3. The van der Waals surface area contributed by atoms with E-state index in [1.165, 1.54) is 12.1 Å². The van der Waals surface area contributed by atoms with Crippen molar-refractivity contribution in [3.05, 3.63) is 59.9 Å². The zero-order chi connectivity index (χ0) is 20.1. The number of halogens is 1. The third-order valence-corrected chi connectivity index (χ3v) is 5.98. The van der Waals surface area contributed by atoms with E-state index < -0.39 is 15.8 Å². The number of amides is 1. The Hall–Kier alpha value is -2.74. The topological polar surface area (TPSA) is 87.6 Å². The Labute approximate surface area is 163 Å². The van der Waals surface area contributed by atoms with Crippen LogP contribution in [0.15, 0.2) is 58.5 Å². The molecule has 3 rings (SSSR count). The first-order chi connectivity index (χ1) is 13.3. The van der Waals surface area contributed by atoms with E-state index in [4.69, 9.17) is 0 Å². The van der Waals surface area contributed by atoms with Crippen LogP contribution in [0.5, 0.6) is 0 Å². The molecule has 0 aliphatic heterocycles. The lowest BCUT2D eigenvalue weighted by molar-refractivity contribution is -0.119. The number of nitrogens with zero attached hydrogens (tertiary/aromatic N) is 1. The molecule has 0 unspecified atom stereocenters. The third-order valence-electron chi connectivity index (χ3n) is 4.75. The molecule has 1 aliphatic rings. The standard InChI is InChI=1S/C20H22FN3O3S/c1-14(23-24-28(26,27)19-12-8-17(21)9-13-19)15-6-10-18(11-7-15)22-20(25)16-4-2-3-5-16/h6-13,16,24H,2-5H2,1H3,(H,22,25)/b23-14+. The van der Waals surface area contributed by atoms with Gasteiger partial charge in [-0.2, -0.15) is 18.4 Å². The Morgan fingerprint density at radius 3 is 2.25 bits per heavy atom. The molecule has 6 nitrogen and oxygen atoms in total. The molecule has 0 atom stereocenters. The number of benzene rings is 2. The Balaban J connectivity index is 1.64. The fourth-order valence-electron chi connectivity index (χ4n) is 3.09. The molecule has 0 bridgehead atoms. The average Bonchev–Trinajstić information content (AvgIpc) is 3.22. The van der Waals surface area contributed by atoms with Crippen molar-refractivity contribution >= 4 is 27.3 Å². The summed E-state index contributed by atoms with van der Waals surface area (Å²) in [6.07, 6.45) is 4.06. The van der Waals surface area contributed by atoms with Gasteiger partial charge in [0.1, 0.15) is 5.82 Å². The summed E-state index contributed by atoms with van der Waals surface area (Å²) >= 11 is 0. The van der Waals surface area contributed by atoms with Crippen LogP contribution >= 0.6 is 0 Å². The van der Waals surface area contributed by atoms with E-state index >= 15 is 0 Å². The fraction of sp³-hybridized carbons (Fsp3) is 0.300. The summed E-state index contributed by atoms with van der Waals surface area (Å²) in [6, 6.07) is 11.5. The van der Waals surface area contributed by atoms with Gasteiger partial charge in [-0.25, -0.2) is 4.39 Å². The van der Waals surface area contributed by atoms with Crippen LogP contribution in [0.4, 0.5) is 10.1 Å². The minimum Gasteiger partial charge on any atom is -0.326 e. The maximum atomic E-state index is 12.9. The monoisotopic (exact) mass is 403 g/mol. The number of hydrogen-bond acceptors (Lipinski definition) is 4. The molecule has 2 aromatic rings. The highest BCUT2D eigenvalue weighted by Gasteiger charge is 2.22. The van der Waals surface area contributed by atoms with Gasteiger partial charge < -0.3 is 5.32 Å². The van der Waals surface area contributed by atoms with Crippen molar-refractivity contribution in [2.45, 2.75) is 37.5 Å². The molecule has 0 radical (unpaired) electrons. The van der Waals surface area contributed by atoms with E-state index in [0.29, 0.717) is 17.0 Å². The number of nitrogens with one attached hydrogen (secondary N) is 2. The molecule has 1 saturated carbocycles. The maximum Gasteiger partial charge on any atom is 0.276 e. The molecule has 2 N–H and O–H groups in total. The number of rotatable bonds is 6. The van der Waals surface area contributed by atoms with E-state index in [0.717, 1.165) is 37.8 Å². The van der Waals surface area contributed by atoms with E-state index in [2.05, 4.69) is 15.2 Å². The van der Waals surface area contributed by atoms with Gasteiger partial charge in [0.2, 0.25) is 5.91 Å². The fourth-order valence-corrected chi connectivity index (χ4v) is 3.94. The molecular weight excluding hydrogens is 381 g/mol. The number of anilines is 1. The van der Waals surface area contributed by atoms with Gasteiger partial charge in [-0.3, -0.25) is 4.79 Å². The largest absolute Gasteiger partial charge is 0.326 e. The molecule has 0 heterocycles. The number of hydrazone groups is 1. The SMILES string of the molecule is C/C(=N\NS(=O)(=O)c1ccc(F)cc1)c1ccc(NC(=O)C2CCCC2)cc1. The van der Waals surface area contributed by atoms with Crippen molar-refractivity contribution in [2.24, 2.45) is 11.0 Å². The highest BCUT2D eigenvalue weighted by atomic mass is 32.2. The highest BCUT2D eigenvalue weighted by Crippen LogP contribution is 2.26. The second-order valence-electron chi connectivity index (χ2n) is 6.79. The molecule has 1 fully saturated rings. The summed E-state index contributed by atoms with van der Waals surface area (Å²) in [7, 11) is -3.87. The maximum absolute atomic E-state index is 12.9. The molecule has 0 spiro atoms. The molecule has 1 amide bonds. The van der Waals surface area contributed by atoms with E-state index in [1.54, 1.807) is 31.2 Å². The Morgan fingerprint density at radius 1 is 1.04 bits per heavy atom. The van der Waals surface area contributed by atoms with E-state index in [9.17, 15) is 17.6 Å². The van der Waals surface area contributed by atoms with Crippen LogP contribution < -0.4 is 10.1 Å². The highest BCUT2D eigenvalue weighted by molar-refractivity contribution is 7.89. The molecule has 8 heteroatoms. The van der Waals surface area contributed by atoms with Crippen molar-refractivity contribution < 1.29 is 17.6 Å². The van der Waals surface area contributed by atoms with Crippen LogP contribution in [0, 0.1) is 11.7 Å². The van der Waals surface area contributed by atoms with Gasteiger partial charge in [-0.05, 0) is 61.7 Å². The summed E-state index contributed by atoms with van der Waals surface area (Å²) in [5, 5.41) is 6.83. The van der Waals surface area contributed by atoms with Crippen molar-refractivity contribution in [2.75, 3.05) is 5.32 Å². The van der Waals surface area contributed by atoms with Gasteiger partial charge in [0.15, 0.2) is 0 Å². The van der Waals surface area contributed by atoms with Gasteiger partial charge in [0.05, 0.1) is 10.6 Å². The predicted molar refractivity (Wildman–Crippen MR) is 106 cm³/mol. The second kappa shape index (κ2) is 8.52. The van der Waals surface area contributed by atoms with Crippen molar-refractivity contribution in [1.82, 2.24) is 4.83 Å². The lowest BCUT2D eigenvalue weighted by Gasteiger charge is -2.11. The van der Waals surface area contributed by atoms with Crippen LogP contribution in [-0.4, -0.2) is 20.0 Å². The first kappa shape index (κ1) is 20.0. The third kappa shape index (κ3) is 4.95. The molecule has 28 heavy (non-hydrogen) atoms. The van der Waals surface area contributed by atoms with Crippen molar-refractivity contribution in [1.29, 1.82) is 0 Å². The smallest absolute Gasteiger partial charge is 0.276 e. The van der Waals surface area contributed by atoms with Crippen LogP contribution in [0.3, 0.4) is 0 Å². The van der Waals surface area contributed by atoms with Crippen LogP contribution in [0.25, 0.3) is 0 Å². The Kier molecular flexibility index (Phi) is 6.08. The van der Waals surface area contributed by atoms with E-state index in [-0.39, 0.29) is 16.7 Å². The lowest BCUT2D eigenvalue weighted by atomic mass is 10.1. The molecule has 1 aliphatic carbocycles. The predicted octanol–water partition coefficient (Wildman–Crippen LogP) is 3.66. The number of carbonyl (C=O) groups is 1.